The molecule has 1 amide bonds. The van der Waals surface area contributed by atoms with Crippen molar-refractivity contribution in [1.82, 2.24) is 5.32 Å². The molecule has 3 atom stereocenters. The fourth-order valence-electron chi connectivity index (χ4n) is 3.94. The summed E-state index contributed by atoms with van der Waals surface area (Å²) >= 11 is 0. The predicted octanol–water partition coefficient (Wildman–Crippen LogP) is 7.27. The first-order valence-corrected chi connectivity index (χ1v) is 18.3. The molecule has 3 unspecified atom stereocenters. The van der Waals surface area contributed by atoms with Crippen molar-refractivity contribution in [2.24, 2.45) is 0 Å². The zero-order valence-corrected chi connectivity index (χ0v) is 29.2. The van der Waals surface area contributed by atoms with Crippen LogP contribution in [0.25, 0.3) is 0 Å². The maximum Gasteiger partial charge on any atom is 0.472 e. The topological polar surface area (TPSA) is 169 Å². The number of carboxylic acids is 1. The summed E-state index contributed by atoms with van der Waals surface area (Å²) in [5, 5.41) is 21.5. The van der Waals surface area contributed by atoms with Gasteiger partial charge in [-0.05, 0) is 51.4 Å². The van der Waals surface area contributed by atoms with Gasteiger partial charge in [0.2, 0.25) is 5.91 Å². The fourth-order valence-corrected chi connectivity index (χ4v) is 4.71. The second-order valence-electron chi connectivity index (χ2n) is 11.0. The van der Waals surface area contributed by atoms with Crippen LogP contribution in [0.4, 0.5) is 0 Å². The lowest BCUT2D eigenvalue weighted by atomic mass is 10.1. The van der Waals surface area contributed by atoms with E-state index in [0.29, 0.717) is 19.3 Å². The van der Waals surface area contributed by atoms with Gasteiger partial charge in [-0.2, -0.15) is 0 Å². The number of aliphatic hydroxyl groups excluding tert-OH is 1. The Morgan fingerprint density at radius 1 is 0.702 bits per heavy atom. The third-order valence-corrected chi connectivity index (χ3v) is 7.52. The number of allylic oxidation sites excluding steroid dienone is 10. The number of unbranched alkanes of at least 4 members (excludes halogenated alkanes) is 6. The summed E-state index contributed by atoms with van der Waals surface area (Å²) in [6, 6.07) is -1.55. The molecular formula is C35H58NO10P. The first kappa shape index (κ1) is 44.2. The van der Waals surface area contributed by atoms with Crippen LogP contribution in [-0.2, 0) is 32.7 Å². The lowest BCUT2D eigenvalue weighted by Crippen LogP contribution is -2.43. The van der Waals surface area contributed by atoms with Crippen molar-refractivity contribution < 1.29 is 47.8 Å². The number of esters is 1. The highest BCUT2D eigenvalue weighted by molar-refractivity contribution is 7.47. The van der Waals surface area contributed by atoms with Crippen LogP contribution in [-0.4, -0.2) is 64.9 Å². The number of nitrogens with one attached hydrogen (secondary N) is 1. The van der Waals surface area contributed by atoms with Crippen molar-refractivity contribution in [1.29, 1.82) is 0 Å². The van der Waals surface area contributed by atoms with Crippen LogP contribution in [0.5, 0.6) is 0 Å². The van der Waals surface area contributed by atoms with Crippen molar-refractivity contribution in [3.8, 4) is 0 Å². The van der Waals surface area contributed by atoms with Crippen LogP contribution in [0.15, 0.2) is 60.8 Å². The number of carbonyl (C=O) groups excluding carboxylic acids is 2. The number of hydrogen-bond acceptors (Lipinski definition) is 8. The molecule has 0 fully saturated rings. The summed E-state index contributed by atoms with van der Waals surface area (Å²) in [5.74, 6) is -2.46. The van der Waals surface area contributed by atoms with Gasteiger partial charge < -0.3 is 25.2 Å². The average molecular weight is 684 g/mol. The van der Waals surface area contributed by atoms with Gasteiger partial charge in [0.15, 0.2) is 6.04 Å². The Morgan fingerprint density at radius 2 is 1.23 bits per heavy atom. The molecule has 47 heavy (non-hydrogen) atoms. The third kappa shape index (κ3) is 30.3. The second kappa shape index (κ2) is 30.5. The molecule has 0 aliphatic rings. The highest BCUT2D eigenvalue weighted by Crippen LogP contribution is 2.43. The van der Waals surface area contributed by atoms with Crippen LogP contribution in [0.2, 0.25) is 0 Å². The molecule has 0 rings (SSSR count). The van der Waals surface area contributed by atoms with Crippen molar-refractivity contribution in [2.45, 2.75) is 122 Å². The van der Waals surface area contributed by atoms with Crippen molar-refractivity contribution >= 4 is 25.7 Å². The highest BCUT2D eigenvalue weighted by atomic mass is 31.2. The lowest BCUT2D eigenvalue weighted by Gasteiger charge is -2.18. The number of amides is 1. The van der Waals surface area contributed by atoms with Crippen LogP contribution in [0.1, 0.15) is 110 Å². The number of ether oxygens (including phenoxy) is 1. The van der Waals surface area contributed by atoms with Crippen LogP contribution in [0.3, 0.4) is 0 Å². The molecule has 268 valence electrons. The number of aliphatic hydroxyl groups is 1. The minimum Gasteiger partial charge on any atom is -0.480 e. The molecule has 0 heterocycles. The van der Waals surface area contributed by atoms with Crippen LogP contribution < -0.4 is 5.32 Å². The summed E-state index contributed by atoms with van der Waals surface area (Å²) < 4.78 is 26.5. The van der Waals surface area contributed by atoms with Gasteiger partial charge in [-0.25, -0.2) is 9.36 Å². The SMILES string of the molecule is CC/C=C\C/C=C\C/C=C\C/C=C\C/C=C\CCCC(=O)OCC(O)COP(=O)(O)OCC(NC(=O)CCCCCCCC)C(=O)O. The number of aliphatic carboxylic acids is 1. The van der Waals surface area contributed by atoms with Gasteiger partial charge in [0.05, 0.1) is 13.2 Å². The number of carbonyl (C=O) groups is 3. The second-order valence-corrected chi connectivity index (χ2v) is 12.4. The zero-order chi connectivity index (χ0) is 35.0. The van der Waals surface area contributed by atoms with Gasteiger partial charge >= 0.3 is 19.8 Å². The Balaban J connectivity index is 4.06. The first-order chi connectivity index (χ1) is 22.6. The minimum absolute atomic E-state index is 0.136. The molecule has 4 N–H and O–H groups in total. The molecule has 0 spiro atoms. The van der Waals surface area contributed by atoms with E-state index in [2.05, 4.69) is 72.3 Å². The van der Waals surface area contributed by atoms with Crippen LogP contribution in [0, 0.1) is 0 Å². The van der Waals surface area contributed by atoms with Gasteiger partial charge in [-0.15, -0.1) is 0 Å². The molecule has 0 aromatic heterocycles. The zero-order valence-electron chi connectivity index (χ0n) is 28.3. The van der Waals surface area contributed by atoms with E-state index in [9.17, 15) is 34.1 Å². The molecule has 0 radical (unpaired) electrons. The minimum atomic E-state index is -4.75. The number of phosphoric ester groups is 1. The molecular weight excluding hydrogens is 625 g/mol. The molecule has 0 aromatic rings. The van der Waals surface area contributed by atoms with E-state index in [1.165, 1.54) is 0 Å². The number of carboxylic acid groups (broad SMARTS) is 1. The summed E-state index contributed by atoms with van der Waals surface area (Å²) in [7, 11) is -4.75. The van der Waals surface area contributed by atoms with Gasteiger partial charge in [-0.1, -0.05) is 107 Å². The van der Waals surface area contributed by atoms with E-state index in [0.717, 1.165) is 64.2 Å². The maximum atomic E-state index is 12.1. The summed E-state index contributed by atoms with van der Waals surface area (Å²) in [4.78, 5) is 45.2. The largest absolute Gasteiger partial charge is 0.480 e. The van der Waals surface area contributed by atoms with E-state index in [1.807, 2.05) is 12.2 Å². The van der Waals surface area contributed by atoms with Crippen LogP contribution >= 0.6 is 7.82 Å². The molecule has 0 aromatic carbocycles. The molecule has 12 heteroatoms. The number of phosphoric acid groups is 1. The van der Waals surface area contributed by atoms with E-state index in [1.54, 1.807) is 0 Å². The van der Waals surface area contributed by atoms with E-state index in [-0.39, 0.29) is 12.8 Å². The van der Waals surface area contributed by atoms with E-state index in [4.69, 9.17) is 9.26 Å². The van der Waals surface area contributed by atoms with E-state index < -0.39 is 57.6 Å². The Morgan fingerprint density at radius 3 is 1.81 bits per heavy atom. The fraction of sp³-hybridized carbons (Fsp3) is 0.629. The standard InChI is InChI=1S/C35H58NO10P/c1-3-5-7-9-11-12-13-14-15-16-17-18-19-20-21-23-25-27-34(39)44-28-31(37)29-45-47(42,43)46-30-32(35(40)41)36-33(38)26-24-22-10-8-6-4-2/h5,7,11-12,14-15,17-18,20-21,31-32,37H,3-4,6,8-10,13,16,19,22-30H2,1-2H3,(H,36,38)(H,40,41)(H,42,43)/b7-5-,12-11-,15-14-,18-17-,21-20-. The van der Waals surface area contributed by atoms with Crippen molar-refractivity contribution in [2.75, 3.05) is 19.8 Å². The summed E-state index contributed by atoms with van der Waals surface area (Å²) in [6.07, 6.45) is 31.7. The number of hydrogen-bond donors (Lipinski definition) is 4. The van der Waals surface area contributed by atoms with Gasteiger partial charge in [0, 0.05) is 12.8 Å². The van der Waals surface area contributed by atoms with Crippen molar-refractivity contribution in [3.63, 3.8) is 0 Å². The smallest absolute Gasteiger partial charge is 0.472 e. The summed E-state index contributed by atoms with van der Waals surface area (Å²) in [5.41, 5.74) is 0. The lowest BCUT2D eigenvalue weighted by molar-refractivity contribution is -0.147. The Labute approximate surface area is 281 Å². The molecule has 0 aliphatic carbocycles. The first-order valence-electron chi connectivity index (χ1n) is 16.8. The quantitative estimate of drug-likeness (QED) is 0.0262. The monoisotopic (exact) mass is 683 g/mol. The third-order valence-electron chi connectivity index (χ3n) is 6.57. The molecule has 0 saturated heterocycles. The molecule has 0 aliphatic heterocycles. The maximum absolute atomic E-state index is 12.1. The normalized spacial score (nSPS) is 14.8. The Kier molecular flexibility index (Phi) is 28.7. The van der Waals surface area contributed by atoms with E-state index >= 15 is 0 Å². The van der Waals surface area contributed by atoms with Gasteiger partial charge in [0.1, 0.15) is 12.7 Å². The molecule has 0 bridgehead atoms. The highest BCUT2D eigenvalue weighted by Gasteiger charge is 2.28. The van der Waals surface area contributed by atoms with Gasteiger partial charge in [0.25, 0.3) is 0 Å². The van der Waals surface area contributed by atoms with Crippen molar-refractivity contribution in [3.05, 3.63) is 60.8 Å². The number of rotatable bonds is 30. The predicted molar refractivity (Wildman–Crippen MR) is 185 cm³/mol. The molecule has 0 saturated carbocycles. The average Bonchev–Trinajstić information content (AvgIpc) is 3.04. The Hall–Kier alpha value is -2.82. The van der Waals surface area contributed by atoms with Gasteiger partial charge in [-0.3, -0.25) is 18.6 Å². The molecule has 11 nitrogen and oxygen atoms in total. The Bertz CT molecular complexity index is 1040. The summed E-state index contributed by atoms with van der Waals surface area (Å²) in [6.45, 7) is 2.27.